The molecule has 40 heavy (non-hydrogen) atoms. The van der Waals surface area contributed by atoms with Gasteiger partial charge in [0.1, 0.15) is 11.6 Å². The number of imidazole rings is 1. The lowest BCUT2D eigenvalue weighted by atomic mass is 9.77. The molecule has 1 atom stereocenters. The van der Waals surface area contributed by atoms with Crippen molar-refractivity contribution >= 4 is 11.9 Å². The highest BCUT2D eigenvalue weighted by Crippen LogP contribution is 2.40. The lowest BCUT2D eigenvalue weighted by Crippen LogP contribution is -2.43. The van der Waals surface area contributed by atoms with E-state index in [4.69, 9.17) is 9.72 Å². The van der Waals surface area contributed by atoms with Crippen LogP contribution >= 0.6 is 0 Å². The molecule has 0 radical (unpaired) electrons. The maximum atomic E-state index is 13.0. The van der Waals surface area contributed by atoms with Crippen molar-refractivity contribution in [3.05, 3.63) is 161 Å². The molecule has 0 saturated heterocycles. The third-order valence-electron chi connectivity index (χ3n) is 7.12. The van der Waals surface area contributed by atoms with Gasteiger partial charge in [-0.25, -0.2) is 9.78 Å². The number of carbonyl (C=O) groups excluding carboxylic acids is 2. The number of carbonyl (C=O) groups is 2. The van der Waals surface area contributed by atoms with Gasteiger partial charge in [-0.3, -0.25) is 4.79 Å². The summed E-state index contributed by atoms with van der Waals surface area (Å²) in [5.41, 5.74) is 4.63. The SMILES string of the molecule is COC(=O)C(Cc1cn(C(c2ccccc2)(c2ccccc2)c2ccccc2)cn1)NC(=O)c1ccc(C)cc1. The number of benzene rings is 4. The molecule has 0 bridgehead atoms. The molecule has 6 heteroatoms. The van der Waals surface area contributed by atoms with Gasteiger partial charge in [-0.05, 0) is 35.7 Å². The molecule has 0 aliphatic heterocycles. The van der Waals surface area contributed by atoms with Gasteiger partial charge < -0.3 is 14.6 Å². The monoisotopic (exact) mass is 529 g/mol. The van der Waals surface area contributed by atoms with Crippen LogP contribution in [0.3, 0.4) is 0 Å². The van der Waals surface area contributed by atoms with E-state index in [2.05, 4.69) is 46.3 Å². The fourth-order valence-electron chi connectivity index (χ4n) is 5.13. The smallest absolute Gasteiger partial charge is 0.328 e. The van der Waals surface area contributed by atoms with Gasteiger partial charge in [-0.2, -0.15) is 0 Å². The van der Waals surface area contributed by atoms with E-state index in [1.165, 1.54) is 7.11 Å². The van der Waals surface area contributed by atoms with Crippen LogP contribution in [0.5, 0.6) is 0 Å². The summed E-state index contributed by atoms with van der Waals surface area (Å²) in [6, 6.07) is 37.1. The summed E-state index contributed by atoms with van der Waals surface area (Å²) in [7, 11) is 1.32. The van der Waals surface area contributed by atoms with Crippen molar-refractivity contribution < 1.29 is 14.3 Å². The van der Waals surface area contributed by atoms with Crippen molar-refractivity contribution in [1.29, 1.82) is 0 Å². The van der Waals surface area contributed by atoms with Crippen LogP contribution < -0.4 is 5.32 Å². The van der Waals surface area contributed by atoms with Gasteiger partial charge in [0.05, 0.1) is 19.1 Å². The molecule has 0 aliphatic rings. The predicted molar refractivity (Wildman–Crippen MR) is 155 cm³/mol. The van der Waals surface area contributed by atoms with Gasteiger partial charge in [-0.15, -0.1) is 0 Å². The number of nitrogens with zero attached hydrogens (tertiary/aromatic N) is 2. The second-order valence-electron chi connectivity index (χ2n) is 9.70. The molecule has 1 amide bonds. The number of nitrogens with one attached hydrogen (secondary N) is 1. The number of rotatable bonds is 9. The minimum Gasteiger partial charge on any atom is -0.467 e. The summed E-state index contributed by atoms with van der Waals surface area (Å²) in [4.78, 5) is 30.4. The van der Waals surface area contributed by atoms with E-state index in [9.17, 15) is 9.59 Å². The van der Waals surface area contributed by atoms with Gasteiger partial charge in [0.25, 0.3) is 5.91 Å². The fraction of sp³-hybridized carbons (Fsp3) is 0.147. The van der Waals surface area contributed by atoms with E-state index >= 15 is 0 Å². The Kier molecular flexibility index (Phi) is 7.87. The Hall–Kier alpha value is -4.97. The Morgan fingerprint density at radius 3 is 1.77 bits per heavy atom. The Balaban J connectivity index is 1.56. The van der Waals surface area contributed by atoms with Crippen LogP contribution in [-0.2, 0) is 21.5 Å². The first-order valence-corrected chi connectivity index (χ1v) is 13.2. The fourth-order valence-corrected chi connectivity index (χ4v) is 5.13. The third kappa shape index (κ3) is 5.29. The zero-order valence-corrected chi connectivity index (χ0v) is 22.5. The Morgan fingerprint density at radius 2 is 1.30 bits per heavy atom. The molecule has 1 N–H and O–H groups in total. The molecule has 200 valence electrons. The Morgan fingerprint density at radius 1 is 0.800 bits per heavy atom. The van der Waals surface area contributed by atoms with Crippen molar-refractivity contribution in [2.24, 2.45) is 0 Å². The largest absolute Gasteiger partial charge is 0.467 e. The lowest BCUT2D eigenvalue weighted by molar-refractivity contribution is -0.142. The number of esters is 1. The molecular formula is C34H31N3O3. The van der Waals surface area contributed by atoms with E-state index in [-0.39, 0.29) is 12.3 Å². The molecule has 0 fully saturated rings. The van der Waals surface area contributed by atoms with Crippen molar-refractivity contribution in [3.63, 3.8) is 0 Å². The minimum absolute atomic E-state index is 0.172. The molecular weight excluding hydrogens is 498 g/mol. The van der Waals surface area contributed by atoms with Crippen LogP contribution in [0.25, 0.3) is 0 Å². The lowest BCUT2D eigenvalue weighted by Gasteiger charge is -2.37. The average Bonchev–Trinajstić information content (AvgIpc) is 3.47. The first-order chi connectivity index (χ1) is 19.5. The van der Waals surface area contributed by atoms with Crippen LogP contribution in [0.1, 0.15) is 38.3 Å². The molecule has 0 spiro atoms. The van der Waals surface area contributed by atoms with Crippen LogP contribution in [-0.4, -0.2) is 34.6 Å². The normalized spacial score (nSPS) is 11.9. The highest BCUT2D eigenvalue weighted by molar-refractivity contribution is 5.96. The van der Waals surface area contributed by atoms with Crippen LogP contribution in [0.2, 0.25) is 0 Å². The van der Waals surface area contributed by atoms with Gasteiger partial charge >= 0.3 is 5.97 Å². The van der Waals surface area contributed by atoms with Crippen molar-refractivity contribution in [1.82, 2.24) is 14.9 Å². The van der Waals surface area contributed by atoms with E-state index in [1.54, 1.807) is 18.5 Å². The molecule has 0 aliphatic carbocycles. The van der Waals surface area contributed by atoms with E-state index in [0.717, 1.165) is 22.3 Å². The number of ether oxygens (including phenoxy) is 1. The zero-order chi connectivity index (χ0) is 28.0. The first-order valence-electron chi connectivity index (χ1n) is 13.2. The highest BCUT2D eigenvalue weighted by atomic mass is 16.5. The number of aryl methyl sites for hydroxylation is 1. The van der Waals surface area contributed by atoms with E-state index in [1.807, 2.05) is 79.9 Å². The maximum Gasteiger partial charge on any atom is 0.328 e. The minimum atomic E-state index is -0.901. The van der Waals surface area contributed by atoms with Crippen molar-refractivity contribution in [3.8, 4) is 0 Å². The van der Waals surface area contributed by atoms with Crippen LogP contribution in [0, 0.1) is 6.92 Å². The van der Waals surface area contributed by atoms with Gasteiger partial charge in [0, 0.05) is 18.2 Å². The molecule has 1 heterocycles. The first kappa shape index (κ1) is 26.6. The molecule has 1 unspecified atom stereocenters. The summed E-state index contributed by atoms with van der Waals surface area (Å²) in [5.74, 6) is -0.877. The number of hydrogen-bond donors (Lipinski definition) is 1. The summed E-state index contributed by atoms with van der Waals surface area (Å²) in [5, 5.41) is 2.83. The summed E-state index contributed by atoms with van der Waals surface area (Å²) in [6.07, 6.45) is 3.91. The molecule has 1 aromatic heterocycles. The van der Waals surface area contributed by atoms with E-state index < -0.39 is 17.6 Å². The van der Waals surface area contributed by atoms with Gasteiger partial charge in [-0.1, -0.05) is 109 Å². The summed E-state index contributed by atoms with van der Waals surface area (Å²) < 4.78 is 7.12. The van der Waals surface area contributed by atoms with Crippen molar-refractivity contribution in [2.45, 2.75) is 24.9 Å². The third-order valence-corrected chi connectivity index (χ3v) is 7.12. The maximum absolute atomic E-state index is 13.0. The number of methoxy groups -OCH3 is 1. The second-order valence-corrected chi connectivity index (χ2v) is 9.70. The predicted octanol–water partition coefficient (Wildman–Crippen LogP) is 5.55. The quantitative estimate of drug-likeness (QED) is 0.201. The Labute approximate surface area is 234 Å². The molecule has 5 aromatic rings. The average molecular weight is 530 g/mol. The van der Waals surface area contributed by atoms with E-state index in [0.29, 0.717) is 11.3 Å². The van der Waals surface area contributed by atoms with Crippen molar-refractivity contribution in [2.75, 3.05) is 7.11 Å². The second kappa shape index (κ2) is 11.8. The topological polar surface area (TPSA) is 73.2 Å². The molecule has 4 aromatic carbocycles. The van der Waals surface area contributed by atoms with Gasteiger partial charge in [0.2, 0.25) is 0 Å². The molecule has 6 nitrogen and oxygen atoms in total. The molecule has 0 saturated carbocycles. The summed E-state index contributed by atoms with van der Waals surface area (Å²) >= 11 is 0. The van der Waals surface area contributed by atoms with Crippen LogP contribution in [0.15, 0.2) is 128 Å². The standard InChI is InChI=1S/C34H31N3O3/c1-25-18-20-26(21-19-25)32(38)36-31(33(39)40-2)22-30-23-37(24-35-30)34(27-12-6-3-7-13-27,28-14-8-4-9-15-28)29-16-10-5-11-17-29/h3-21,23-24,31H,22H2,1-2H3,(H,36,38). The summed E-state index contributed by atoms with van der Waals surface area (Å²) in [6.45, 7) is 1.95. The Bertz CT molecular complexity index is 1470. The van der Waals surface area contributed by atoms with Gasteiger partial charge in [0.15, 0.2) is 0 Å². The number of hydrogen-bond acceptors (Lipinski definition) is 4. The van der Waals surface area contributed by atoms with Crippen LogP contribution in [0.4, 0.5) is 0 Å². The number of amides is 1. The number of aromatic nitrogens is 2. The molecule has 5 rings (SSSR count). The highest BCUT2D eigenvalue weighted by Gasteiger charge is 2.38. The zero-order valence-electron chi connectivity index (χ0n) is 22.5.